The van der Waals surface area contributed by atoms with E-state index in [2.05, 4.69) is 57.7 Å². The third-order valence-corrected chi connectivity index (χ3v) is 5.60. The molecule has 0 atom stereocenters. The van der Waals surface area contributed by atoms with Gasteiger partial charge in [0, 0.05) is 38.8 Å². The Morgan fingerprint density at radius 2 is 1.86 bits per heavy atom. The largest absolute Gasteiger partial charge is 0.357 e. The van der Waals surface area contributed by atoms with Gasteiger partial charge in [0.25, 0.3) is 0 Å². The Labute approximate surface area is 172 Å². The summed E-state index contributed by atoms with van der Waals surface area (Å²) < 4.78 is 2.04. The molecule has 1 N–H and O–H groups in total. The van der Waals surface area contributed by atoms with Crippen molar-refractivity contribution in [1.82, 2.24) is 24.8 Å². The Morgan fingerprint density at radius 3 is 2.66 bits per heavy atom. The second-order valence-electron chi connectivity index (χ2n) is 7.65. The lowest BCUT2D eigenvalue weighted by Gasteiger charge is -2.34. The maximum Gasteiger partial charge on any atom is 0.193 e. The molecule has 0 saturated carbocycles. The fraction of sp³-hybridized carbons (Fsp3) is 0.435. The first-order valence-corrected chi connectivity index (χ1v) is 10.7. The fourth-order valence-corrected chi connectivity index (χ4v) is 4.05. The topological polar surface area (TPSA) is 57.8 Å². The van der Waals surface area contributed by atoms with E-state index >= 15 is 0 Å². The number of aliphatic imine (C=N–C) groups is 1. The van der Waals surface area contributed by atoms with E-state index in [1.165, 1.54) is 24.8 Å². The number of nitrogens with zero attached hydrogens (tertiary/aromatic N) is 5. The SMILES string of the molecule is CCNC(=NCCc1nnc2ccccn12)N1CCC(Cc2ccccc2)CC1. The summed E-state index contributed by atoms with van der Waals surface area (Å²) in [5.74, 6) is 2.75. The molecule has 0 bridgehead atoms. The van der Waals surface area contributed by atoms with Gasteiger partial charge in [-0.1, -0.05) is 36.4 Å². The van der Waals surface area contributed by atoms with Crippen molar-refractivity contribution in [1.29, 1.82) is 0 Å². The molecule has 1 saturated heterocycles. The molecule has 3 heterocycles. The van der Waals surface area contributed by atoms with Gasteiger partial charge in [-0.05, 0) is 49.8 Å². The van der Waals surface area contributed by atoms with E-state index < -0.39 is 0 Å². The summed E-state index contributed by atoms with van der Waals surface area (Å²) in [5, 5.41) is 12.0. The van der Waals surface area contributed by atoms with Crippen LogP contribution in [0.3, 0.4) is 0 Å². The monoisotopic (exact) mass is 390 g/mol. The highest BCUT2D eigenvalue weighted by Crippen LogP contribution is 2.21. The highest BCUT2D eigenvalue weighted by atomic mass is 15.3. The molecule has 29 heavy (non-hydrogen) atoms. The first kappa shape index (κ1) is 19.4. The normalized spacial score (nSPS) is 15.8. The van der Waals surface area contributed by atoms with Crippen LogP contribution < -0.4 is 5.32 Å². The van der Waals surface area contributed by atoms with Gasteiger partial charge in [-0.25, -0.2) is 0 Å². The molecular formula is C23H30N6. The molecule has 1 aliphatic rings. The van der Waals surface area contributed by atoms with Gasteiger partial charge in [0.05, 0.1) is 0 Å². The third-order valence-electron chi connectivity index (χ3n) is 5.60. The number of likely N-dealkylation sites (tertiary alicyclic amines) is 1. The van der Waals surface area contributed by atoms with Gasteiger partial charge in [-0.2, -0.15) is 0 Å². The van der Waals surface area contributed by atoms with Crippen LogP contribution in [0.1, 0.15) is 31.2 Å². The van der Waals surface area contributed by atoms with E-state index in [1.807, 2.05) is 28.8 Å². The molecule has 4 rings (SSSR count). The van der Waals surface area contributed by atoms with Gasteiger partial charge in [-0.15, -0.1) is 10.2 Å². The number of hydrogen-bond acceptors (Lipinski definition) is 3. The first-order chi connectivity index (χ1) is 14.3. The van der Waals surface area contributed by atoms with Crippen molar-refractivity contribution in [3.8, 4) is 0 Å². The molecule has 6 heteroatoms. The van der Waals surface area contributed by atoms with Gasteiger partial charge < -0.3 is 10.2 Å². The second-order valence-corrected chi connectivity index (χ2v) is 7.65. The number of rotatable bonds is 6. The summed E-state index contributed by atoms with van der Waals surface area (Å²) in [6.45, 7) is 5.86. The molecule has 6 nitrogen and oxygen atoms in total. The van der Waals surface area contributed by atoms with E-state index in [0.717, 1.165) is 49.4 Å². The average molecular weight is 391 g/mol. The fourth-order valence-electron chi connectivity index (χ4n) is 4.05. The van der Waals surface area contributed by atoms with E-state index in [-0.39, 0.29) is 0 Å². The zero-order valence-electron chi connectivity index (χ0n) is 17.2. The van der Waals surface area contributed by atoms with Crippen molar-refractivity contribution in [2.24, 2.45) is 10.9 Å². The minimum absolute atomic E-state index is 0.710. The quantitative estimate of drug-likeness (QED) is 0.519. The Bertz CT molecular complexity index is 925. The maximum atomic E-state index is 4.88. The molecule has 1 aromatic carbocycles. The zero-order chi connectivity index (χ0) is 19.9. The van der Waals surface area contributed by atoms with E-state index in [9.17, 15) is 0 Å². The summed E-state index contributed by atoms with van der Waals surface area (Å²) >= 11 is 0. The summed E-state index contributed by atoms with van der Waals surface area (Å²) in [5.41, 5.74) is 2.34. The standard InChI is InChI=1S/C23H30N6/c1-2-24-23(25-14-11-22-27-26-21-10-6-7-15-29(21)22)28-16-12-20(13-17-28)18-19-8-4-3-5-9-19/h3-10,15,20H,2,11-14,16-18H2,1H3,(H,24,25). The molecular weight excluding hydrogens is 360 g/mol. The summed E-state index contributed by atoms with van der Waals surface area (Å²) in [6, 6.07) is 16.8. The molecule has 1 aliphatic heterocycles. The molecule has 152 valence electrons. The maximum absolute atomic E-state index is 4.88. The van der Waals surface area contributed by atoms with Crippen LogP contribution >= 0.6 is 0 Å². The Kier molecular flexibility index (Phi) is 6.39. The van der Waals surface area contributed by atoms with Crippen LogP contribution in [0, 0.1) is 5.92 Å². The van der Waals surface area contributed by atoms with Gasteiger partial charge in [0.2, 0.25) is 0 Å². The van der Waals surface area contributed by atoms with Crippen LogP contribution in [0.25, 0.3) is 5.65 Å². The highest BCUT2D eigenvalue weighted by Gasteiger charge is 2.21. The number of aromatic nitrogens is 3. The Hall–Kier alpha value is -2.89. The van der Waals surface area contributed by atoms with Crippen LogP contribution in [0.2, 0.25) is 0 Å². The average Bonchev–Trinajstić information content (AvgIpc) is 3.18. The van der Waals surface area contributed by atoms with Crippen molar-refractivity contribution >= 4 is 11.6 Å². The number of hydrogen-bond donors (Lipinski definition) is 1. The third kappa shape index (κ3) is 4.94. The second kappa shape index (κ2) is 9.54. The van der Waals surface area contributed by atoms with Crippen molar-refractivity contribution in [3.05, 3.63) is 66.1 Å². The van der Waals surface area contributed by atoms with Crippen LogP contribution in [0.5, 0.6) is 0 Å². The van der Waals surface area contributed by atoms with Crippen molar-refractivity contribution in [2.75, 3.05) is 26.2 Å². The summed E-state index contributed by atoms with van der Waals surface area (Å²) in [7, 11) is 0. The van der Waals surface area contributed by atoms with Crippen LogP contribution in [-0.4, -0.2) is 51.6 Å². The smallest absolute Gasteiger partial charge is 0.193 e. The number of fused-ring (bicyclic) bond motifs is 1. The lowest BCUT2D eigenvalue weighted by atomic mass is 9.90. The van der Waals surface area contributed by atoms with Crippen LogP contribution in [0.4, 0.5) is 0 Å². The van der Waals surface area contributed by atoms with E-state index in [0.29, 0.717) is 6.54 Å². The summed E-state index contributed by atoms with van der Waals surface area (Å²) in [6.07, 6.45) is 6.41. The predicted molar refractivity (Wildman–Crippen MR) is 117 cm³/mol. The van der Waals surface area contributed by atoms with Crippen molar-refractivity contribution < 1.29 is 0 Å². The number of nitrogens with one attached hydrogen (secondary N) is 1. The van der Waals surface area contributed by atoms with E-state index in [4.69, 9.17) is 4.99 Å². The number of pyridine rings is 1. The number of benzene rings is 1. The highest BCUT2D eigenvalue weighted by molar-refractivity contribution is 5.80. The number of piperidine rings is 1. The lowest BCUT2D eigenvalue weighted by Crippen LogP contribution is -2.46. The van der Waals surface area contributed by atoms with Gasteiger partial charge >= 0.3 is 0 Å². The Balaban J connectivity index is 1.32. The van der Waals surface area contributed by atoms with Gasteiger partial charge in [0.15, 0.2) is 11.6 Å². The molecule has 0 radical (unpaired) electrons. The van der Waals surface area contributed by atoms with Gasteiger partial charge in [0.1, 0.15) is 5.82 Å². The molecule has 0 spiro atoms. The Morgan fingerprint density at radius 1 is 1.07 bits per heavy atom. The lowest BCUT2D eigenvalue weighted by molar-refractivity contribution is 0.259. The van der Waals surface area contributed by atoms with Crippen molar-refractivity contribution in [3.63, 3.8) is 0 Å². The van der Waals surface area contributed by atoms with E-state index in [1.54, 1.807) is 0 Å². The summed E-state index contributed by atoms with van der Waals surface area (Å²) in [4.78, 5) is 7.29. The van der Waals surface area contributed by atoms with Crippen LogP contribution in [0.15, 0.2) is 59.7 Å². The zero-order valence-corrected chi connectivity index (χ0v) is 17.2. The first-order valence-electron chi connectivity index (χ1n) is 10.7. The molecule has 0 amide bonds. The van der Waals surface area contributed by atoms with Crippen molar-refractivity contribution in [2.45, 2.75) is 32.6 Å². The molecule has 2 aromatic heterocycles. The molecule has 3 aromatic rings. The minimum Gasteiger partial charge on any atom is -0.357 e. The molecule has 0 aliphatic carbocycles. The van der Waals surface area contributed by atoms with Gasteiger partial charge in [-0.3, -0.25) is 9.39 Å². The number of guanidine groups is 1. The van der Waals surface area contributed by atoms with Crippen LogP contribution in [-0.2, 0) is 12.8 Å². The predicted octanol–water partition coefficient (Wildman–Crippen LogP) is 3.19. The molecule has 1 fully saturated rings. The molecule has 0 unspecified atom stereocenters. The minimum atomic E-state index is 0.710.